The fraction of sp³-hybridized carbons (Fsp3) is 0.250. The molecule has 0 aliphatic carbocycles. The first-order chi connectivity index (χ1) is 12.1. The quantitative estimate of drug-likeness (QED) is 0.687. The van der Waals surface area contributed by atoms with Crippen molar-refractivity contribution in [3.63, 3.8) is 0 Å². The van der Waals surface area contributed by atoms with Crippen molar-refractivity contribution in [2.24, 2.45) is 0 Å². The van der Waals surface area contributed by atoms with Crippen LogP contribution in [0.3, 0.4) is 0 Å². The van der Waals surface area contributed by atoms with E-state index >= 15 is 0 Å². The summed E-state index contributed by atoms with van der Waals surface area (Å²) in [5.41, 5.74) is 4.11. The fourth-order valence-electron chi connectivity index (χ4n) is 2.47. The van der Waals surface area contributed by atoms with Gasteiger partial charge in [-0.3, -0.25) is 9.78 Å². The third-order valence-corrected chi connectivity index (χ3v) is 4.89. The SMILES string of the molecule is CC(C)c1ccc(NC(=O)CCc2csc(-c3ccncc3)n2)cc1. The van der Waals surface area contributed by atoms with Crippen molar-refractivity contribution >= 4 is 22.9 Å². The number of hydrogen-bond donors (Lipinski definition) is 1. The van der Waals surface area contributed by atoms with E-state index in [1.54, 1.807) is 23.7 Å². The molecule has 0 bridgehead atoms. The van der Waals surface area contributed by atoms with E-state index in [-0.39, 0.29) is 5.91 Å². The number of aryl methyl sites for hydroxylation is 1. The number of rotatable bonds is 6. The van der Waals surface area contributed by atoms with Crippen molar-refractivity contribution in [3.05, 3.63) is 65.4 Å². The van der Waals surface area contributed by atoms with Gasteiger partial charge in [0.15, 0.2) is 0 Å². The molecule has 0 atom stereocenters. The predicted molar refractivity (Wildman–Crippen MR) is 103 cm³/mol. The first-order valence-corrected chi connectivity index (χ1v) is 9.24. The Kier molecular flexibility index (Phi) is 5.56. The summed E-state index contributed by atoms with van der Waals surface area (Å²) >= 11 is 1.59. The zero-order valence-corrected chi connectivity index (χ0v) is 15.2. The third-order valence-electron chi connectivity index (χ3n) is 3.95. The van der Waals surface area contributed by atoms with Crippen molar-refractivity contribution < 1.29 is 4.79 Å². The molecule has 25 heavy (non-hydrogen) atoms. The second-order valence-electron chi connectivity index (χ2n) is 6.20. The highest BCUT2D eigenvalue weighted by atomic mass is 32.1. The van der Waals surface area contributed by atoms with E-state index in [0.29, 0.717) is 18.8 Å². The number of hydrogen-bond acceptors (Lipinski definition) is 4. The van der Waals surface area contributed by atoms with Gasteiger partial charge >= 0.3 is 0 Å². The molecule has 3 aromatic rings. The van der Waals surface area contributed by atoms with E-state index in [2.05, 4.69) is 41.3 Å². The van der Waals surface area contributed by atoms with Crippen LogP contribution in [0.15, 0.2) is 54.2 Å². The molecule has 0 radical (unpaired) electrons. The number of pyridine rings is 1. The summed E-state index contributed by atoms with van der Waals surface area (Å²) in [7, 11) is 0. The molecule has 0 spiro atoms. The summed E-state index contributed by atoms with van der Waals surface area (Å²) in [5, 5.41) is 5.92. The maximum Gasteiger partial charge on any atom is 0.224 e. The Morgan fingerprint density at radius 1 is 1.12 bits per heavy atom. The van der Waals surface area contributed by atoms with Gasteiger partial charge in [-0.15, -0.1) is 11.3 Å². The van der Waals surface area contributed by atoms with E-state index in [4.69, 9.17) is 0 Å². The van der Waals surface area contributed by atoms with Crippen molar-refractivity contribution in [3.8, 4) is 10.6 Å². The standard InChI is InChI=1S/C20H21N3OS/c1-14(2)15-3-5-17(6-4-15)22-19(24)8-7-18-13-25-20(23-18)16-9-11-21-12-10-16/h3-6,9-14H,7-8H2,1-2H3,(H,22,24). The monoisotopic (exact) mass is 351 g/mol. The molecule has 1 amide bonds. The summed E-state index contributed by atoms with van der Waals surface area (Å²) < 4.78 is 0. The smallest absolute Gasteiger partial charge is 0.224 e. The topological polar surface area (TPSA) is 54.9 Å². The average Bonchev–Trinajstić information content (AvgIpc) is 3.10. The van der Waals surface area contributed by atoms with Crippen molar-refractivity contribution in [2.45, 2.75) is 32.6 Å². The number of amides is 1. The fourth-order valence-corrected chi connectivity index (χ4v) is 3.33. The van der Waals surface area contributed by atoms with Gasteiger partial charge in [-0.05, 0) is 42.2 Å². The van der Waals surface area contributed by atoms with Crippen LogP contribution in [0.25, 0.3) is 10.6 Å². The highest BCUT2D eigenvalue weighted by Gasteiger charge is 2.08. The highest BCUT2D eigenvalue weighted by molar-refractivity contribution is 7.13. The summed E-state index contributed by atoms with van der Waals surface area (Å²) in [6.45, 7) is 4.31. The molecule has 0 fully saturated rings. The summed E-state index contributed by atoms with van der Waals surface area (Å²) in [6, 6.07) is 11.9. The van der Waals surface area contributed by atoms with Crippen LogP contribution in [0, 0.1) is 0 Å². The normalized spacial score (nSPS) is 10.8. The number of nitrogens with zero attached hydrogens (tertiary/aromatic N) is 2. The minimum atomic E-state index is 0.00996. The minimum absolute atomic E-state index is 0.00996. The molecule has 3 rings (SSSR count). The van der Waals surface area contributed by atoms with Crippen LogP contribution in [-0.2, 0) is 11.2 Å². The number of nitrogens with one attached hydrogen (secondary N) is 1. The largest absolute Gasteiger partial charge is 0.326 e. The van der Waals surface area contributed by atoms with E-state index in [1.165, 1.54) is 5.56 Å². The Morgan fingerprint density at radius 2 is 1.84 bits per heavy atom. The van der Waals surface area contributed by atoms with E-state index < -0.39 is 0 Å². The molecule has 4 nitrogen and oxygen atoms in total. The highest BCUT2D eigenvalue weighted by Crippen LogP contribution is 2.23. The van der Waals surface area contributed by atoms with Crippen LogP contribution in [-0.4, -0.2) is 15.9 Å². The van der Waals surface area contributed by atoms with Gasteiger partial charge in [-0.2, -0.15) is 0 Å². The number of aromatic nitrogens is 2. The van der Waals surface area contributed by atoms with Gasteiger partial charge in [0.1, 0.15) is 5.01 Å². The number of carbonyl (C=O) groups excluding carboxylic acids is 1. The second kappa shape index (κ2) is 8.03. The van der Waals surface area contributed by atoms with Crippen molar-refractivity contribution in [1.29, 1.82) is 0 Å². The molecule has 1 aromatic carbocycles. The molecule has 0 unspecified atom stereocenters. The molecule has 0 aliphatic heterocycles. The lowest BCUT2D eigenvalue weighted by molar-refractivity contribution is -0.116. The molecule has 2 heterocycles. The zero-order chi connectivity index (χ0) is 17.6. The van der Waals surface area contributed by atoms with Gasteiger partial charge in [0.25, 0.3) is 0 Å². The Balaban J connectivity index is 1.53. The Morgan fingerprint density at radius 3 is 2.52 bits per heavy atom. The van der Waals surface area contributed by atoms with Gasteiger partial charge in [0, 0.05) is 35.4 Å². The molecule has 1 N–H and O–H groups in total. The summed E-state index contributed by atoms with van der Waals surface area (Å²) in [6.07, 6.45) is 4.58. The number of thiazole rings is 1. The van der Waals surface area contributed by atoms with Crippen LogP contribution in [0.5, 0.6) is 0 Å². The van der Waals surface area contributed by atoms with Gasteiger partial charge in [0.2, 0.25) is 5.91 Å². The summed E-state index contributed by atoms with van der Waals surface area (Å²) in [5.74, 6) is 0.500. The minimum Gasteiger partial charge on any atom is -0.326 e. The van der Waals surface area contributed by atoms with E-state index in [1.807, 2.05) is 29.6 Å². The second-order valence-corrected chi connectivity index (χ2v) is 7.06. The van der Waals surface area contributed by atoms with Crippen LogP contribution in [0.4, 0.5) is 5.69 Å². The molecular formula is C20H21N3OS. The van der Waals surface area contributed by atoms with Gasteiger partial charge in [0.05, 0.1) is 5.69 Å². The Hall–Kier alpha value is -2.53. The molecule has 2 aromatic heterocycles. The van der Waals surface area contributed by atoms with Gasteiger partial charge < -0.3 is 5.32 Å². The first-order valence-electron chi connectivity index (χ1n) is 8.36. The van der Waals surface area contributed by atoms with Crippen LogP contribution < -0.4 is 5.32 Å². The maximum absolute atomic E-state index is 12.1. The molecule has 5 heteroatoms. The lowest BCUT2D eigenvalue weighted by Crippen LogP contribution is -2.12. The molecule has 0 saturated carbocycles. The lowest BCUT2D eigenvalue weighted by atomic mass is 10.0. The molecular weight excluding hydrogens is 330 g/mol. The van der Waals surface area contributed by atoms with Crippen LogP contribution in [0.1, 0.15) is 37.4 Å². The zero-order valence-electron chi connectivity index (χ0n) is 14.4. The average molecular weight is 351 g/mol. The number of benzene rings is 1. The number of anilines is 1. The third kappa shape index (κ3) is 4.73. The van der Waals surface area contributed by atoms with E-state index in [9.17, 15) is 4.79 Å². The molecule has 128 valence electrons. The van der Waals surface area contributed by atoms with Crippen LogP contribution >= 0.6 is 11.3 Å². The van der Waals surface area contributed by atoms with Gasteiger partial charge in [-0.25, -0.2) is 4.98 Å². The van der Waals surface area contributed by atoms with Gasteiger partial charge in [-0.1, -0.05) is 26.0 Å². The molecule has 0 aliphatic rings. The van der Waals surface area contributed by atoms with E-state index in [0.717, 1.165) is 22.0 Å². The number of carbonyl (C=O) groups is 1. The lowest BCUT2D eigenvalue weighted by Gasteiger charge is -2.08. The van der Waals surface area contributed by atoms with Crippen LogP contribution in [0.2, 0.25) is 0 Å². The Bertz CT molecular complexity index is 826. The first kappa shape index (κ1) is 17.3. The predicted octanol–water partition coefficient (Wildman–Crippen LogP) is 4.90. The van der Waals surface area contributed by atoms with Crippen molar-refractivity contribution in [1.82, 2.24) is 9.97 Å². The Labute approximate surface area is 152 Å². The molecule has 0 saturated heterocycles. The summed E-state index contributed by atoms with van der Waals surface area (Å²) in [4.78, 5) is 20.8. The maximum atomic E-state index is 12.1. The van der Waals surface area contributed by atoms with Crippen molar-refractivity contribution in [2.75, 3.05) is 5.32 Å².